The van der Waals surface area contributed by atoms with Crippen molar-refractivity contribution in [1.82, 2.24) is 9.78 Å². The summed E-state index contributed by atoms with van der Waals surface area (Å²) in [6.07, 6.45) is 3.13. The summed E-state index contributed by atoms with van der Waals surface area (Å²) < 4.78 is 29.1. The van der Waals surface area contributed by atoms with Crippen LogP contribution in [-0.4, -0.2) is 20.9 Å². The van der Waals surface area contributed by atoms with Crippen LogP contribution in [0.25, 0.3) is 23.1 Å². The van der Waals surface area contributed by atoms with Crippen molar-refractivity contribution < 1.29 is 18.7 Å². The molecule has 2 aromatic carbocycles. The number of carbonyl (C=O) groups is 1. The first kappa shape index (κ1) is 14.9. The molecular weight excluding hydrogens is 302 g/mol. The third kappa shape index (κ3) is 2.70. The third-order valence-corrected chi connectivity index (χ3v) is 3.50. The lowest BCUT2D eigenvalue weighted by Crippen LogP contribution is -2.01. The minimum absolute atomic E-state index is 0.125. The number of nitrogens with zero attached hydrogens (tertiary/aromatic N) is 2. The largest absolute Gasteiger partial charge is 0.478 e. The molecular formula is C17H12F2N2O2. The van der Waals surface area contributed by atoms with Gasteiger partial charge in [-0.05, 0) is 35.9 Å². The van der Waals surface area contributed by atoms with Gasteiger partial charge in [0.25, 0.3) is 0 Å². The molecule has 0 amide bonds. The predicted octanol–water partition coefficient (Wildman–Crippen LogP) is 3.72. The zero-order valence-electron chi connectivity index (χ0n) is 12.1. The van der Waals surface area contributed by atoms with Crippen molar-refractivity contribution in [2.45, 2.75) is 0 Å². The molecule has 0 saturated heterocycles. The molecule has 0 bridgehead atoms. The van der Waals surface area contributed by atoms with E-state index in [9.17, 15) is 13.6 Å². The van der Waals surface area contributed by atoms with E-state index in [4.69, 9.17) is 5.11 Å². The topological polar surface area (TPSA) is 55.1 Å². The second-order valence-corrected chi connectivity index (χ2v) is 5.02. The highest BCUT2D eigenvalue weighted by atomic mass is 19.1. The van der Waals surface area contributed by atoms with E-state index >= 15 is 0 Å². The molecule has 3 rings (SSSR count). The summed E-state index contributed by atoms with van der Waals surface area (Å²) >= 11 is 0. The Labute approximate surface area is 130 Å². The van der Waals surface area contributed by atoms with Gasteiger partial charge in [0.15, 0.2) is 0 Å². The summed E-state index contributed by atoms with van der Waals surface area (Å²) in [7, 11) is 1.64. The molecule has 0 aliphatic rings. The zero-order chi connectivity index (χ0) is 16.6. The van der Waals surface area contributed by atoms with Gasteiger partial charge in [-0.2, -0.15) is 5.10 Å². The van der Waals surface area contributed by atoms with Gasteiger partial charge < -0.3 is 5.11 Å². The van der Waals surface area contributed by atoms with Crippen LogP contribution in [0.2, 0.25) is 0 Å². The van der Waals surface area contributed by atoms with Crippen molar-refractivity contribution in [1.29, 1.82) is 0 Å². The van der Waals surface area contributed by atoms with Gasteiger partial charge in [0.05, 0.1) is 22.2 Å². The number of fused-ring (bicyclic) bond motifs is 1. The van der Waals surface area contributed by atoms with Crippen molar-refractivity contribution in [3.8, 4) is 0 Å². The third-order valence-electron chi connectivity index (χ3n) is 3.50. The summed E-state index contributed by atoms with van der Waals surface area (Å²) in [6, 6.07) is 8.64. The summed E-state index contributed by atoms with van der Waals surface area (Å²) in [6.45, 7) is 0. The predicted molar refractivity (Wildman–Crippen MR) is 83.0 cm³/mol. The van der Waals surface area contributed by atoms with Crippen LogP contribution in [0, 0.1) is 11.6 Å². The Morgan fingerprint density at radius 3 is 2.70 bits per heavy atom. The quantitative estimate of drug-likeness (QED) is 0.801. The summed E-state index contributed by atoms with van der Waals surface area (Å²) in [4.78, 5) is 11.1. The SMILES string of the molecule is Cn1nc(/C=C/c2cccc(F)c2)c2c(F)c(C(=O)O)ccc21. The molecule has 0 fully saturated rings. The molecule has 0 unspecified atom stereocenters. The molecule has 1 N–H and O–H groups in total. The fraction of sp³-hybridized carbons (Fsp3) is 0.0588. The first-order valence-corrected chi connectivity index (χ1v) is 6.79. The minimum atomic E-state index is -1.34. The summed E-state index contributed by atoms with van der Waals surface area (Å²) in [5, 5.41) is 13.4. The van der Waals surface area contributed by atoms with Gasteiger partial charge in [-0.3, -0.25) is 4.68 Å². The second kappa shape index (κ2) is 5.64. The van der Waals surface area contributed by atoms with Gasteiger partial charge in [0, 0.05) is 7.05 Å². The number of carboxylic acid groups (broad SMARTS) is 1. The molecule has 0 radical (unpaired) electrons. The number of aryl methyl sites for hydroxylation is 1. The van der Waals surface area contributed by atoms with Crippen LogP contribution in [0.4, 0.5) is 8.78 Å². The molecule has 0 atom stereocenters. The number of halogens is 2. The van der Waals surface area contributed by atoms with Crippen molar-refractivity contribution >= 4 is 29.0 Å². The molecule has 1 aromatic heterocycles. The Morgan fingerprint density at radius 2 is 2.00 bits per heavy atom. The molecule has 3 aromatic rings. The van der Waals surface area contributed by atoms with Gasteiger partial charge in [-0.15, -0.1) is 0 Å². The lowest BCUT2D eigenvalue weighted by atomic mass is 10.1. The Bertz CT molecular complexity index is 945. The van der Waals surface area contributed by atoms with Gasteiger partial charge >= 0.3 is 5.97 Å². The van der Waals surface area contributed by atoms with Crippen LogP contribution >= 0.6 is 0 Å². The number of hydrogen-bond acceptors (Lipinski definition) is 2. The number of hydrogen-bond donors (Lipinski definition) is 1. The van der Waals surface area contributed by atoms with E-state index in [1.807, 2.05) is 0 Å². The molecule has 6 heteroatoms. The highest BCUT2D eigenvalue weighted by Gasteiger charge is 2.18. The van der Waals surface area contributed by atoms with Crippen LogP contribution in [-0.2, 0) is 7.05 Å². The fourth-order valence-electron chi connectivity index (χ4n) is 2.41. The molecule has 0 saturated carbocycles. The first-order chi connectivity index (χ1) is 11.0. The van der Waals surface area contributed by atoms with E-state index in [1.54, 1.807) is 25.3 Å². The molecule has 0 aliphatic carbocycles. The highest BCUT2D eigenvalue weighted by Crippen LogP contribution is 2.26. The Hall–Kier alpha value is -3.02. The molecule has 0 aliphatic heterocycles. The average Bonchev–Trinajstić information content (AvgIpc) is 2.82. The Kier molecular flexibility index (Phi) is 3.65. The van der Waals surface area contributed by atoms with Gasteiger partial charge in [0.2, 0.25) is 0 Å². The Balaban J connectivity index is 2.14. The normalized spacial score (nSPS) is 11.4. The van der Waals surface area contributed by atoms with Gasteiger partial charge in [-0.25, -0.2) is 13.6 Å². The van der Waals surface area contributed by atoms with Crippen LogP contribution in [0.1, 0.15) is 21.6 Å². The monoisotopic (exact) mass is 314 g/mol. The van der Waals surface area contributed by atoms with Crippen molar-refractivity contribution in [2.75, 3.05) is 0 Å². The maximum Gasteiger partial charge on any atom is 0.338 e. The summed E-state index contributed by atoms with van der Waals surface area (Å²) in [5.41, 5.74) is 0.947. The van der Waals surface area contributed by atoms with E-state index in [-0.39, 0.29) is 16.9 Å². The van der Waals surface area contributed by atoms with E-state index in [0.29, 0.717) is 11.1 Å². The van der Waals surface area contributed by atoms with Gasteiger partial charge in [-0.1, -0.05) is 18.2 Å². The second-order valence-electron chi connectivity index (χ2n) is 5.02. The lowest BCUT2D eigenvalue weighted by molar-refractivity contribution is 0.0692. The van der Waals surface area contributed by atoms with E-state index in [0.717, 1.165) is 0 Å². The smallest absolute Gasteiger partial charge is 0.338 e. The van der Waals surface area contributed by atoms with Crippen LogP contribution in [0.3, 0.4) is 0 Å². The van der Waals surface area contributed by atoms with E-state index < -0.39 is 17.3 Å². The number of benzene rings is 2. The maximum atomic E-state index is 14.5. The standard InChI is InChI=1S/C17H12F2N2O2/c1-21-14-8-6-12(17(22)23)16(19)15(14)13(20-21)7-5-10-3-2-4-11(18)9-10/h2-9H,1H3,(H,22,23)/b7-5+. The average molecular weight is 314 g/mol. The Morgan fingerprint density at radius 1 is 1.22 bits per heavy atom. The van der Waals surface area contributed by atoms with Crippen LogP contribution in [0.15, 0.2) is 36.4 Å². The lowest BCUT2D eigenvalue weighted by Gasteiger charge is -2.00. The number of aromatic nitrogens is 2. The van der Waals surface area contributed by atoms with Crippen molar-refractivity contribution in [2.24, 2.45) is 7.05 Å². The molecule has 4 nitrogen and oxygen atoms in total. The zero-order valence-corrected chi connectivity index (χ0v) is 12.1. The number of carboxylic acids is 1. The van der Waals surface area contributed by atoms with Crippen molar-refractivity contribution in [3.05, 3.63) is 64.9 Å². The number of aromatic carboxylic acids is 1. The minimum Gasteiger partial charge on any atom is -0.478 e. The fourth-order valence-corrected chi connectivity index (χ4v) is 2.41. The highest BCUT2D eigenvalue weighted by molar-refractivity contribution is 5.97. The van der Waals surface area contributed by atoms with Crippen LogP contribution in [0.5, 0.6) is 0 Å². The van der Waals surface area contributed by atoms with E-state index in [1.165, 1.54) is 35.0 Å². The van der Waals surface area contributed by atoms with Crippen molar-refractivity contribution in [3.63, 3.8) is 0 Å². The first-order valence-electron chi connectivity index (χ1n) is 6.79. The molecule has 116 valence electrons. The van der Waals surface area contributed by atoms with Gasteiger partial charge in [0.1, 0.15) is 11.6 Å². The maximum absolute atomic E-state index is 14.5. The number of rotatable bonds is 3. The molecule has 23 heavy (non-hydrogen) atoms. The molecule has 0 spiro atoms. The van der Waals surface area contributed by atoms with E-state index in [2.05, 4.69) is 5.10 Å². The summed E-state index contributed by atoms with van der Waals surface area (Å²) in [5.74, 6) is -2.55. The molecule has 1 heterocycles. The van der Waals surface area contributed by atoms with Crippen LogP contribution < -0.4 is 0 Å².